The van der Waals surface area contributed by atoms with E-state index in [2.05, 4.69) is 4.90 Å². The van der Waals surface area contributed by atoms with E-state index < -0.39 is 12.0 Å². The first-order chi connectivity index (χ1) is 15.3. The largest absolute Gasteiger partial charge is 0.478 e. The van der Waals surface area contributed by atoms with Crippen molar-refractivity contribution in [3.05, 3.63) is 64.1 Å². The predicted octanol–water partition coefficient (Wildman–Crippen LogP) is 5.92. The van der Waals surface area contributed by atoms with Gasteiger partial charge in [0.25, 0.3) is 0 Å². The second-order valence-electron chi connectivity index (χ2n) is 8.36. The molecule has 2 aliphatic rings. The first-order valence-electron chi connectivity index (χ1n) is 10.7. The molecule has 0 amide bonds. The van der Waals surface area contributed by atoms with Crippen LogP contribution in [0.2, 0.25) is 5.02 Å². The molecule has 0 bridgehead atoms. The lowest BCUT2D eigenvalue weighted by Crippen LogP contribution is -2.50. The number of carboxylic acids is 1. The maximum Gasteiger partial charge on any atom is 0.328 e. The molecular formula is C24H26ClNO4S2. The van der Waals surface area contributed by atoms with E-state index in [0.29, 0.717) is 23.7 Å². The van der Waals surface area contributed by atoms with Crippen LogP contribution in [0, 0.1) is 19.8 Å². The number of Topliss-reactive ketones (excluding diaryl/α,β-unsaturated/α-hetero) is 1. The Morgan fingerprint density at radius 3 is 2.62 bits per heavy atom. The van der Waals surface area contributed by atoms with Crippen molar-refractivity contribution in [3.63, 3.8) is 0 Å². The summed E-state index contributed by atoms with van der Waals surface area (Å²) in [7, 11) is 3.20. The molecule has 4 rings (SSSR count). The molecule has 2 heterocycles. The van der Waals surface area contributed by atoms with Crippen molar-refractivity contribution < 1.29 is 19.1 Å². The first kappa shape index (κ1) is 23.5. The third kappa shape index (κ3) is 5.45. The Morgan fingerprint density at radius 1 is 1.25 bits per heavy atom. The molecule has 1 saturated heterocycles. The lowest BCUT2D eigenvalue weighted by atomic mass is 9.89. The smallest absolute Gasteiger partial charge is 0.328 e. The van der Waals surface area contributed by atoms with Crippen molar-refractivity contribution in [2.75, 3.05) is 6.54 Å². The van der Waals surface area contributed by atoms with E-state index in [4.69, 9.17) is 16.0 Å². The van der Waals surface area contributed by atoms with Crippen LogP contribution in [-0.4, -0.2) is 39.6 Å². The number of halogens is 1. The summed E-state index contributed by atoms with van der Waals surface area (Å²) in [4.78, 5) is 28.3. The molecule has 5 nitrogen and oxygen atoms in total. The summed E-state index contributed by atoms with van der Waals surface area (Å²) in [5.74, 6) is 0.851. The van der Waals surface area contributed by atoms with Crippen LogP contribution >= 0.6 is 33.2 Å². The minimum absolute atomic E-state index is 0.0288. The van der Waals surface area contributed by atoms with Gasteiger partial charge in [-0.15, -0.1) is 0 Å². The summed E-state index contributed by atoms with van der Waals surface area (Å²) in [5, 5.41) is 10.2. The van der Waals surface area contributed by atoms with Crippen molar-refractivity contribution in [2.45, 2.75) is 55.8 Å². The maximum absolute atomic E-state index is 13.4. The van der Waals surface area contributed by atoms with Gasteiger partial charge in [-0.05, 0) is 56.4 Å². The molecule has 8 heteroatoms. The second kappa shape index (κ2) is 10.1. The fraction of sp³-hybridized carbons (Fsp3) is 0.417. The SMILES string of the molecule is Cc1cc(SSC2CCN(Cc3ccccc3Cl)C(C(=O)C3CC3)/C2=C/C(=O)O)c(C)o1. The highest BCUT2D eigenvalue weighted by atomic mass is 35.5. The van der Waals surface area contributed by atoms with Crippen LogP contribution in [0.3, 0.4) is 0 Å². The van der Waals surface area contributed by atoms with Crippen LogP contribution in [0.5, 0.6) is 0 Å². The van der Waals surface area contributed by atoms with Crippen LogP contribution in [0.25, 0.3) is 0 Å². The van der Waals surface area contributed by atoms with Gasteiger partial charge in [0, 0.05) is 35.4 Å². The van der Waals surface area contributed by atoms with E-state index in [0.717, 1.165) is 41.2 Å². The van der Waals surface area contributed by atoms with Gasteiger partial charge in [-0.1, -0.05) is 51.4 Å². The van der Waals surface area contributed by atoms with E-state index in [1.165, 1.54) is 6.08 Å². The first-order valence-corrected chi connectivity index (χ1v) is 13.3. The number of carboxylic acid groups (broad SMARTS) is 1. The Labute approximate surface area is 201 Å². The van der Waals surface area contributed by atoms with Gasteiger partial charge >= 0.3 is 5.97 Å². The van der Waals surface area contributed by atoms with Crippen molar-refractivity contribution >= 4 is 44.9 Å². The lowest BCUT2D eigenvalue weighted by Gasteiger charge is -2.40. The minimum Gasteiger partial charge on any atom is -0.478 e. The number of furan rings is 1. The average Bonchev–Trinajstić information content (AvgIpc) is 3.53. The van der Waals surface area contributed by atoms with E-state index >= 15 is 0 Å². The van der Waals surface area contributed by atoms with Crippen LogP contribution in [0.15, 0.2) is 51.3 Å². The van der Waals surface area contributed by atoms with Crippen LogP contribution in [-0.2, 0) is 16.1 Å². The molecule has 1 N–H and O–H groups in total. The molecule has 0 radical (unpaired) electrons. The highest BCUT2D eigenvalue weighted by Crippen LogP contribution is 2.46. The number of hydrogen-bond donors (Lipinski definition) is 1. The summed E-state index contributed by atoms with van der Waals surface area (Å²) in [6.07, 6.45) is 3.78. The van der Waals surface area contributed by atoms with Gasteiger partial charge in [-0.3, -0.25) is 9.69 Å². The number of ketones is 1. The second-order valence-corrected chi connectivity index (χ2v) is 11.2. The molecular weight excluding hydrogens is 466 g/mol. The number of likely N-dealkylation sites (tertiary alicyclic amines) is 1. The zero-order chi connectivity index (χ0) is 22.8. The van der Waals surface area contributed by atoms with Crippen molar-refractivity contribution in [1.29, 1.82) is 0 Å². The number of rotatable bonds is 8. The zero-order valence-corrected chi connectivity index (χ0v) is 20.4. The fourth-order valence-corrected chi connectivity index (χ4v) is 7.21. The summed E-state index contributed by atoms with van der Waals surface area (Å²) >= 11 is 6.39. The Morgan fingerprint density at radius 2 is 2.00 bits per heavy atom. The number of nitrogens with zero attached hydrogens (tertiary/aromatic N) is 1. The fourth-order valence-electron chi connectivity index (χ4n) is 4.14. The number of benzene rings is 1. The highest BCUT2D eigenvalue weighted by Gasteiger charge is 2.44. The van der Waals surface area contributed by atoms with Crippen molar-refractivity contribution in [3.8, 4) is 0 Å². The van der Waals surface area contributed by atoms with Gasteiger partial charge in [-0.25, -0.2) is 4.79 Å². The molecule has 1 aromatic heterocycles. The molecule has 2 fully saturated rings. The zero-order valence-electron chi connectivity index (χ0n) is 18.0. The van der Waals surface area contributed by atoms with Gasteiger partial charge in [0.2, 0.25) is 0 Å². The Hall–Kier alpha value is -1.67. The molecule has 1 aliphatic carbocycles. The molecule has 2 aromatic rings. The molecule has 0 spiro atoms. The number of hydrogen-bond acceptors (Lipinski definition) is 6. The summed E-state index contributed by atoms with van der Waals surface area (Å²) in [5.41, 5.74) is 1.63. The van der Waals surface area contributed by atoms with Crippen molar-refractivity contribution in [2.24, 2.45) is 5.92 Å². The molecule has 2 unspecified atom stereocenters. The summed E-state index contributed by atoms with van der Waals surface area (Å²) < 4.78 is 5.62. The molecule has 1 aromatic carbocycles. The number of carbonyl (C=O) groups excluding carboxylic acids is 1. The van der Waals surface area contributed by atoms with Crippen LogP contribution in [0.4, 0.5) is 0 Å². The van der Waals surface area contributed by atoms with Gasteiger partial charge in [0.05, 0.1) is 10.9 Å². The van der Waals surface area contributed by atoms with Gasteiger partial charge in [0.1, 0.15) is 11.5 Å². The van der Waals surface area contributed by atoms with E-state index in [1.54, 1.807) is 21.6 Å². The number of aryl methyl sites for hydroxylation is 2. The summed E-state index contributed by atoms with van der Waals surface area (Å²) in [6.45, 7) is 5.06. The van der Waals surface area contributed by atoms with Gasteiger partial charge < -0.3 is 9.52 Å². The Balaban J connectivity index is 1.61. The van der Waals surface area contributed by atoms with Gasteiger partial charge in [-0.2, -0.15) is 0 Å². The topological polar surface area (TPSA) is 70.8 Å². The van der Waals surface area contributed by atoms with Crippen molar-refractivity contribution in [1.82, 2.24) is 4.90 Å². The Bertz CT molecular complexity index is 1050. The normalized spacial score (nSPS) is 22.9. The van der Waals surface area contributed by atoms with E-state index in [1.807, 2.05) is 44.2 Å². The quantitative estimate of drug-likeness (QED) is 0.362. The van der Waals surface area contributed by atoms with Crippen LogP contribution < -0.4 is 0 Å². The monoisotopic (exact) mass is 491 g/mol. The minimum atomic E-state index is -1.01. The van der Waals surface area contributed by atoms with Crippen LogP contribution in [0.1, 0.15) is 36.3 Å². The predicted molar refractivity (Wildman–Crippen MR) is 129 cm³/mol. The average molecular weight is 492 g/mol. The number of piperidine rings is 1. The number of carbonyl (C=O) groups is 2. The highest BCUT2D eigenvalue weighted by molar-refractivity contribution is 8.77. The van der Waals surface area contributed by atoms with E-state index in [9.17, 15) is 14.7 Å². The molecule has 1 aliphatic heterocycles. The standard InChI is InChI=1S/C24H26ClNO4S2/c1-14-11-21(15(2)30-14)32-31-20-9-10-26(13-17-5-3-4-6-19(17)25)23(18(20)12-22(27)28)24(29)16-7-8-16/h3-6,11-12,16,20,23H,7-10,13H2,1-2H3,(H,27,28)/b18-12+. The number of aliphatic carboxylic acids is 1. The molecule has 2 atom stereocenters. The lowest BCUT2D eigenvalue weighted by molar-refractivity contribution is -0.131. The van der Waals surface area contributed by atoms with E-state index in [-0.39, 0.29) is 17.0 Å². The summed E-state index contributed by atoms with van der Waals surface area (Å²) in [6, 6.07) is 9.08. The third-order valence-corrected chi connectivity index (χ3v) is 9.17. The molecule has 170 valence electrons. The Kier molecular flexibility index (Phi) is 7.40. The third-order valence-electron chi connectivity index (χ3n) is 5.85. The maximum atomic E-state index is 13.4. The van der Waals surface area contributed by atoms with Gasteiger partial charge in [0.15, 0.2) is 5.78 Å². The molecule has 1 saturated carbocycles. The molecule has 32 heavy (non-hydrogen) atoms.